The first kappa shape index (κ1) is 19.6. The van der Waals surface area contributed by atoms with E-state index in [0.717, 1.165) is 16.5 Å². The molecule has 9 heteroatoms. The molecule has 2 heterocycles. The van der Waals surface area contributed by atoms with Crippen LogP contribution >= 0.6 is 0 Å². The summed E-state index contributed by atoms with van der Waals surface area (Å²) in [6.45, 7) is 0.955. The minimum absolute atomic E-state index is 0.136. The van der Waals surface area contributed by atoms with Gasteiger partial charge in [0.25, 0.3) is 0 Å². The van der Waals surface area contributed by atoms with Crippen LogP contribution in [0.4, 0.5) is 23.0 Å². The topological polar surface area (TPSA) is 110 Å². The monoisotopic (exact) mass is 407 g/mol. The fourth-order valence-corrected chi connectivity index (χ4v) is 3.82. The van der Waals surface area contributed by atoms with Crippen molar-refractivity contribution in [2.75, 3.05) is 30.4 Å². The van der Waals surface area contributed by atoms with Crippen LogP contribution in [0.5, 0.6) is 0 Å². The average molecular weight is 407 g/mol. The standard InChI is InChI=1S/C21H21N5O4/c1-30-21(27)15-9-11-25(12-10-15)20-18(26(28)29)19(22-13-23-20)24-17-8-4-6-14-5-2-3-7-16(14)17/h2-8,13,15H,9-12H2,1H3,(H,22,23,24). The van der Waals surface area contributed by atoms with E-state index in [1.54, 1.807) is 0 Å². The number of carbonyl (C=O) groups excluding carboxylic acids is 1. The van der Waals surface area contributed by atoms with Crippen LogP contribution in [0, 0.1) is 16.0 Å². The average Bonchev–Trinajstić information content (AvgIpc) is 2.78. The summed E-state index contributed by atoms with van der Waals surface area (Å²) in [5.41, 5.74) is 0.548. The minimum atomic E-state index is -0.463. The normalized spacial score (nSPS) is 14.5. The van der Waals surface area contributed by atoms with Gasteiger partial charge in [0.05, 0.1) is 18.0 Å². The van der Waals surface area contributed by atoms with Crippen LogP contribution in [0.1, 0.15) is 12.8 Å². The number of nitrogens with zero attached hydrogens (tertiary/aromatic N) is 4. The number of anilines is 3. The van der Waals surface area contributed by atoms with E-state index < -0.39 is 4.92 Å². The summed E-state index contributed by atoms with van der Waals surface area (Å²) in [5, 5.41) is 17.0. The number of nitrogens with one attached hydrogen (secondary N) is 1. The molecule has 0 unspecified atom stereocenters. The maximum atomic E-state index is 11.9. The lowest BCUT2D eigenvalue weighted by molar-refractivity contribution is -0.383. The van der Waals surface area contributed by atoms with Crippen molar-refractivity contribution in [1.29, 1.82) is 0 Å². The van der Waals surface area contributed by atoms with Gasteiger partial charge in [-0.15, -0.1) is 0 Å². The molecule has 1 saturated heterocycles. The van der Waals surface area contributed by atoms with Gasteiger partial charge in [0, 0.05) is 24.2 Å². The molecule has 30 heavy (non-hydrogen) atoms. The summed E-state index contributed by atoms with van der Waals surface area (Å²) in [7, 11) is 1.37. The summed E-state index contributed by atoms with van der Waals surface area (Å²) >= 11 is 0. The first-order chi connectivity index (χ1) is 14.6. The van der Waals surface area contributed by atoms with E-state index in [-0.39, 0.29) is 29.2 Å². The second-order valence-electron chi connectivity index (χ2n) is 7.09. The summed E-state index contributed by atoms with van der Waals surface area (Å²) in [5.74, 6) is -0.0527. The molecule has 0 spiro atoms. The third-order valence-electron chi connectivity index (χ3n) is 5.36. The molecule has 0 atom stereocenters. The molecule has 9 nitrogen and oxygen atoms in total. The van der Waals surface area contributed by atoms with E-state index in [1.807, 2.05) is 47.4 Å². The highest BCUT2D eigenvalue weighted by Gasteiger charge is 2.32. The van der Waals surface area contributed by atoms with Gasteiger partial charge in [0.2, 0.25) is 11.6 Å². The maximum Gasteiger partial charge on any atom is 0.353 e. The van der Waals surface area contributed by atoms with Crippen molar-refractivity contribution < 1.29 is 14.5 Å². The molecule has 0 radical (unpaired) electrons. The van der Waals surface area contributed by atoms with Crippen LogP contribution < -0.4 is 10.2 Å². The number of aromatic nitrogens is 2. The number of rotatable bonds is 5. The Hall–Kier alpha value is -3.75. The lowest BCUT2D eigenvalue weighted by atomic mass is 9.97. The SMILES string of the molecule is COC(=O)C1CCN(c2ncnc(Nc3cccc4ccccc34)c2[N+](=O)[O-])CC1. The molecule has 0 amide bonds. The van der Waals surface area contributed by atoms with Crippen LogP contribution in [0.25, 0.3) is 10.8 Å². The maximum absolute atomic E-state index is 11.9. The van der Waals surface area contributed by atoms with E-state index in [9.17, 15) is 14.9 Å². The van der Waals surface area contributed by atoms with Gasteiger partial charge < -0.3 is 15.0 Å². The van der Waals surface area contributed by atoms with Crippen molar-refractivity contribution in [1.82, 2.24) is 9.97 Å². The predicted octanol–water partition coefficient (Wildman–Crippen LogP) is 3.67. The fraction of sp³-hybridized carbons (Fsp3) is 0.286. The minimum Gasteiger partial charge on any atom is -0.469 e. The lowest BCUT2D eigenvalue weighted by Gasteiger charge is -2.31. The van der Waals surface area contributed by atoms with Crippen molar-refractivity contribution in [3.05, 3.63) is 58.9 Å². The highest BCUT2D eigenvalue weighted by atomic mass is 16.6. The first-order valence-corrected chi connectivity index (χ1v) is 9.65. The lowest BCUT2D eigenvalue weighted by Crippen LogP contribution is -2.37. The number of nitro groups is 1. The summed E-state index contributed by atoms with van der Waals surface area (Å²) < 4.78 is 4.81. The zero-order valence-corrected chi connectivity index (χ0v) is 16.4. The number of methoxy groups -OCH3 is 1. The van der Waals surface area contributed by atoms with E-state index in [2.05, 4.69) is 15.3 Å². The molecule has 1 aliphatic rings. The van der Waals surface area contributed by atoms with Crippen LogP contribution in [-0.2, 0) is 9.53 Å². The second kappa shape index (κ2) is 8.32. The van der Waals surface area contributed by atoms with Crippen LogP contribution in [0.3, 0.4) is 0 Å². The zero-order chi connectivity index (χ0) is 21.1. The Morgan fingerprint density at radius 1 is 1.17 bits per heavy atom. The highest BCUT2D eigenvalue weighted by Crippen LogP contribution is 2.36. The van der Waals surface area contributed by atoms with Gasteiger partial charge in [-0.2, -0.15) is 0 Å². The van der Waals surface area contributed by atoms with Gasteiger partial charge in [-0.1, -0.05) is 36.4 Å². The molecule has 3 aromatic rings. The van der Waals surface area contributed by atoms with Crippen LogP contribution in [0.15, 0.2) is 48.8 Å². The van der Waals surface area contributed by atoms with Crippen molar-refractivity contribution in [2.45, 2.75) is 12.8 Å². The highest BCUT2D eigenvalue weighted by molar-refractivity contribution is 5.96. The Bertz CT molecular complexity index is 1090. The summed E-state index contributed by atoms with van der Waals surface area (Å²) in [6, 6.07) is 13.5. The van der Waals surface area contributed by atoms with Crippen molar-refractivity contribution in [2.24, 2.45) is 5.92 Å². The van der Waals surface area contributed by atoms with Gasteiger partial charge >= 0.3 is 11.7 Å². The Morgan fingerprint density at radius 2 is 1.90 bits per heavy atom. The number of ether oxygens (including phenoxy) is 1. The molecule has 0 aliphatic carbocycles. The number of carbonyl (C=O) groups is 1. The molecule has 2 aromatic carbocycles. The van der Waals surface area contributed by atoms with Crippen LogP contribution in [-0.4, -0.2) is 41.1 Å². The van der Waals surface area contributed by atoms with Gasteiger partial charge in [-0.05, 0) is 24.3 Å². The van der Waals surface area contributed by atoms with Gasteiger partial charge in [0.1, 0.15) is 6.33 Å². The van der Waals surface area contributed by atoms with E-state index in [0.29, 0.717) is 25.9 Å². The Labute approximate surface area is 172 Å². The van der Waals surface area contributed by atoms with E-state index >= 15 is 0 Å². The summed E-state index contributed by atoms with van der Waals surface area (Å²) in [6.07, 6.45) is 2.43. The molecular formula is C21H21N5O4. The van der Waals surface area contributed by atoms with Crippen molar-refractivity contribution >= 4 is 39.8 Å². The number of esters is 1. The molecular weight excluding hydrogens is 386 g/mol. The summed E-state index contributed by atoms with van der Waals surface area (Å²) in [4.78, 5) is 33.4. The number of hydrogen-bond donors (Lipinski definition) is 1. The third-order valence-corrected chi connectivity index (χ3v) is 5.36. The first-order valence-electron chi connectivity index (χ1n) is 9.65. The Morgan fingerprint density at radius 3 is 2.63 bits per heavy atom. The number of fused-ring (bicyclic) bond motifs is 1. The van der Waals surface area contributed by atoms with Gasteiger partial charge in [-0.25, -0.2) is 9.97 Å². The predicted molar refractivity (Wildman–Crippen MR) is 113 cm³/mol. The second-order valence-corrected chi connectivity index (χ2v) is 7.09. The Kier molecular flexibility index (Phi) is 5.42. The molecule has 0 bridgehead atoms. The molecule has 1 fully saturated rings. The Balaban J connectivity index is 1.66. The molecule has 4 rings (SSSR count). The number of piperidine rings is 1. The zero-order valence-electron chi connectivity index (χ0n) is 16.4. The third kappa shape index (κ3) is 3.73. The largest absolute Gasteiger partial charge is 0.469 e. The number of hydrogen-bond acceptors (Lipinski definition) is 8. The molecule has 1 aromatic heterocycles. The number of benzene rings is 2. The van der Waals surface area contributed by atoms with Crippen LogP contribution in [0.2, 0.25) is 0 Å². The molecule has 154 valence electrons. The van der Waals surface area contributed by atoms with E-state index in [4.69, 9.17) is 4.74 Å². The molecule has 0 saturated carbocycles. The van der Waals surface area contributed by atoms with Gasteiger partial charge in [-0.3, -0.25) is 14.9 Å². The quantitative estimate of drug-likeness (QED) is 0.387. The van der Waals surface area contributed by atoms with Crippen molar-refractivity contribution in [3.63, 3.8) is 0 Å². The van der Waals surface area contributed by atoms with Crippen molar-refractivity contribution in [3.8, 4) is 0 Å². The van der Waals surface area contributed by atoms with Gasteiger partial charge in [0.15, 0.2) is 0 Å². The molecule has 1 aliphatic heterocycles. The van der Waals surface area contributed by atoms with E-state index in [1.165, 1.54) is 13.4 Å². The fourth-order valence-electron chi connectivity index (χ4n) is 3.82. The smallest absolute Gasteiger partial charge is 0.353 e. The molecule has 1 N–H and O–H groups in total.